The fourth-order valence-corrected chi connectivity index (χ4v) is 3.77. The Morgan fingerprint density at radius 2 is 2.28 bits per heavy atom. The van der Waals surface area contributed by atoms with E-state index in [9.17, 15) is 0 Å². The summed E-state index contributed by atoms with van der Waals surface area (Å²) < 4.78 is 0. The summed E-state index contributed by atoms with van der Waals surface area (Å²) >= 11 is 0. The first-order chi connectivity index (χ1) is 8.64. The van der Waals surface area contributed by atoms with Crippen LogP contribution in [0.3, 0.4) is 0 Å². The van der Waals surface area contributed by atoms with Crippen molar-refractivity contribution in [1.82, 2.24) is 14.9 Å². The van der Waals surface area contributed by atoms with Crippen LogP contribution < -0.4 is 0 Å². The van der Waals surface area contributed by atoms with E-state index in [-0.39, 0.29) is 0 Å². The minimum atomic E-state index is 0.558. The Bertz CT molecular complexity index is 382. The van der Waals surface area contributed by atoms with Gasteiger partial charge >= 0.3 is 0 Å². The van der Waals surface area contributed by atoms with E-state index in [1.165, 1.54) is 51.0 Å². The van der Waals surface area contributed by atoms with Crippen LogP contribution in [0.25, 0.3) is 0 Å². The summed E-state index contributed by atoms with van der Waals surface area (Å²) in [6, 6.07) is 0.817. The van der Waals surface area contributed by atoms with Crippen molar-refractivity contribution in [3.63, 3.8) is 0 Å². The molecule has 1 aliphatic carbocycles. The largest absolute Gasteiger partial charge is 0.348 e. The summed E-state index contributed by atoms with van der Waals surface area (Å²) in [5.74, 6) is 1.81. The van der Waals surface area contributed by atoms with Crippen molar-refractivity contribution in [1.29, 1.82) is 0 Å². The molecule has 3 heteroatoms. The molecule has 0 radical (unpaired) electrons. The number of nitrogens with zero attached hydrogens (tertiary/aromatic N) is 2. The minimum absolute atomic E-state index is 0.558. The smallest absolute Gasteiger partial charge is 0.110 e. The first kappa shape index (κ1) is 12.2. The molecule has 2 heterocycles. The second-order valence-electron chi connectivity index (χ2n) is 6.87. The van der Waals surface area contributed by atoms with E-state index in [4.69, 9.17) is 0 Å². The maximum atomic E-state index is 4.45. The van der Waals surface area contributed by atoms with Crippen molar-refractivity contribution < 1.29 is 0 Å². The molecule has 0 unspecified atom stereocenters. The van der Waals surface area contributed by atoms with Gasteiger partial charge in [-0.15, -0.1) is 0 Å². The van der Waals surface area contributed by atoms with Gasteiger partial charge in [0.25, 0.3) is 0 Å². The molecule has 2 aliphatic rings. The zero-order valence-corrected chi connectivity index (χ0v) is 11.7. The van der Waals surface area contributed by atoms with E-state index in [1.54, 1.807) is 0 Å². The van der Waals surface area contributed by atoms with Crippen LogP contribution in [0.15, 0.2) is 12.4 Å². The van der Waals surface area contributed by atoms with E-state index in [0.717, 1.165) is 6.04 Å². The van der Waals surface area contributed by atoms with Gasteiger partial charge in [0, 0.05) is 30.9 Å². The average molecular weight is 247 g/mol. The van der Waals surface area contributed by atoms with Crippen molar-refractivity contribution in [2.24, 2.45) is 5.41 Å². The summed E-state index contributed by atoms with van der Waals surface area (Å²) in [6.07, 6.45) is 10.6. The number of hydrogen-bond acceptors (Lipinski definition) is 2. The van der Waals surface area contributed by atoms with Gasteiger partial charge in [0.1, 0.15) is 5.82 Å². The fraction of sp³-hybridized carbons (Fsp3) is 0.800. The fourth-order valence-electron chi connectivity index (χ4n) is 3.77. The SMILES string of the molecule is CC1(C)CC[C@H](N2CCC[C@H](c3ncc[nH]3)C2)C1. The summed E-state index contributed by atoms with van der Waals surface area (Å²) in [5, 5.41) is 0. The Morgan fingerprint density at radius 3 is 2.94 bits per heavy atom. The average Bonchev–Trinajstić information content (AvgIpc) is 2.98. The van der Waals surface area contributed by atoms with Crippen LogP contribution in [0.2, 0.25) is 0 Å². The van der Waals surface area contributed by atoms with Crippen molar-refractivity contribution in [2.75, 3.05) is 13.1 Å². The number of aromatic nitrogens is 2. The van der Waals surface area contributed by atoms with E-state index in [2.05, 4.69) is 28.7 Å². The predicted octanol–water partition coefficient (Wildman–Crippen LogP) is 3.17. The van der Waals surface area contributed by atoms with Crippen LogP contribution >= 0.6 is 0 Å². The molecule has 1 saturated heterocycles. The number of imidazole rings is 1. The van der Waals surface area contributed by atoms with Crippen molar-refractivity contribution in [2.45, 2.75) is 57.9 Å². The third kappa shape index (κ3) is 2.46. The van der Waals surface area contributed by atoms with E-state index < -0.39 is 0 Å². The van der Waals surface area contributed by atoms with Crippen LogP contribution in [-0.4, -0.2) is 34.0 Å². The zero-order chi connectivity index (χ0) is 12.6. The second-order valence-corrected chi connectivity index (χ2v) is 6.87. The number of H-pyrrole nitrogens is 1. The number of nitrogens with one attached hydrogen (secondary N) is 1. The first-order valence-corrected chi connectivity index (χ1v) is 7.37. The van der Waals surface area contributed by atoms with Crippen LogP contribution in [0, 0.1) is 5.41 Å². The highest BCUT2D eigenvalue weighted by molar-refractivity contribution is 5.01. The Balaban J connectivity index is 1.64. The van der Waals surface area contributed by atoms with Gasteiger partial charge in [0.05, 0.1) is 0 Å². The minimum Gasteiger partial charge on any atom is -0.348 e. The number of piperidine rings is 1. The molecule has 2 atom stereocenters. The number of rotatable bonds is 2. The lowest BCUT2D eigenvalue weighted by Gasteiger charge is -2.36. The third-order valence-electron chi connectivity index (χ3n) is 4.82. The Labute approximate surface area is 110 Å². The molecule has 2 fully saturated rings. The van der Waals surface area contributed by atoms with Crippen LogP contribution in [0.5, 0.6) is 0 Å². The Morgan fingerprint density at radius 1 is 1.39 bits per heavy atom. The third-order valence-corrected chi connectivity index (χ3v) is 4.82. The normalized spacial score (nSPS) is 32.8. The molecule has 1 N–H and O–H groups in total. The van der Waals surface area contributed by atoms with Gasteiger partial charge in [0.15, 0.2) is 0 Å². The lowest BCUT2D eigenvalue weighted by Crippen LogP contribution is -2.41. The van der Waals surface area contributed by atoms with Gasteiger partial charge in [-0.3, -0.25) is 4.90 Å². The molecule has 0 spiro atoms. The van der Waals surface area contributed by atoms with Gasteiger partial charge in [-0.25, -0.2) is 4.98 Å². The molecular formula is C15H25N3. The van der Waals surface area contributed by atoms with Gasteiger partial charge < -0.3 is 4.98 Å². The highest BCUT2D eigenvalue weighted by atomic mass is 15.2. The van der Waals surface area contributed by atoms with Gasteiger partial charge in [-0.1, -0.05) is 13.8 Å². The van der Waals surface area contributed by atoms with E-state index in [1.807, 2.05) is 12.4 Å². The van der Waals surface area contributed by atoms with Crippen molar-refractivity contribution in [3.05, 3.63) is 18.2 Å². The van der Waals surface area contributed by atoms with Crippen molar-refractivity contribution >= 4 is 0 Å². The molecule has 1 saturated carbocycles. The Kier molecular flexibility index (Phi) is 3.18. The lowest BCUT2D eigenvalue weighted by molar-refractivity contribution is 0.140. The van der Waals surface area contributed by atoms with Crippen LogP contribution in [-0.2, 0) is 0 Å². The summed E-state index contributed by atoms with van der Waals surface area (Å²) in [4.78, 5) is 10.5. The second kappa shape index (κ2) is 4.69. The topological polar surface area (TPSA) is 31.9 Å². The first-order valence-electron chi connectivity index (χ1n) is 7.37. The highest BCUT2D eigenvalue weighted by Gasteiger charge is 2.36. The summed E-state index contributed by atoms with van der Waals surface area (Å²) in [6.45, 7) is 7.33. The maximum Gasteiger partial charge on any atom is 0.110 e. The van der Waals surface area contributed by atoms with Crippen molar-refractivity contribution in [3.8, 4) is 0 Å². The van der Waals surface area contributed by atoms with E-state index in [0.29, 0.717) is 11.3 Å². The molecule has 3 rings (SSSR count). The number of likely N-dealkylation sites (tertiary alicyclic amines) is 1. The molecule has 1 aromatic rings. The maximum absolute atomic E-state index is 4.45. The predicted molar refractivity (Wildman–Crippen MR) is 73.6 cm³/mol. The molecule has 3 nitrogen and oxygen atoms in total. The molecular weight excluding hydrogens is 222 g/mol. The molecule has 1 aromatic heterocycles. The lowest BCUT2D eigenvalue weighted by atomic mass is 9.90. The number of aromatic amines is 1. The molecule has 100 valence electrons. The summed E-state index contributed by atoms with van der Waals surface area (Å²) in [5.41, 5.74) is 0.558. The quantitative estimate of drug-likeness (QED) is 0.870. The molecule has 1 aliphatic heterocycles. The molecule has 0 aromatic carbocycles. The van der Waals surface area contributed by atoms with E-state index >= 15 is 0 Å². The Hall–Kier alpha value is -0.830. The summed E-state index contributed by atoms with van der Waals surface area (Å²) in [7, 11) is 0. The van der Waals surface area contributed by atoms with Crippen LogP contribution in [0.4, 0.5) is 0 Å². The van der Waals surface area contributed by atoms with Gasteiger partial charge in [-0.2, -0.15) is 0 Å². The monoisotopic (exact) mass is 247 g/mol. The zero-order valence-electron chi connectivity index (χ0n) is 11.7. The van der Waals surface area contributed by atoms with Gasteiger partial charge in [0.2, 0.25) is 0 Å². The highest BCUT2D eigenvalue weighted by Crippen LogP contribution is 2.41. The van der Waals surface area contributed by atoms with Gasteiger partial charge in [-0.05, 0) is 44.1 Å². The molecule has 0 amide bonds. The number of hydrogen-bond donors (Lipinski definition) is 1. The molecule has 0 bridgehead atoms. The standard InChI is InChI=1S/C15H25N3/c1-15(2)6-5-13(10-15)18-9-3-4-12(11-18)14-16-7-8-17-14/h7-8,12-13H,3-6,9-11H2,1-2H3,(H,16,17)/t12-,13-/m0/s1. The molecule has 18 heavy (non-hydrogen) atoms. The van der Waals surface area contributed by atoms with Crippen LogP contribution in [0.1, 0.15) is 57.7 Å².